The summed E-state index contributed by atoms with van der Waals surface area (Å²) in [4.78, 5) is 11.1. The van der Waals surface area contributed by atoms with Crippen molar-refractivity contribution in [2.75, 3.05) is 7.11 Å². The number of hydrogen-bond acceptors (Lipinski definition) is 4. The monoisotopic (exact) mass is 317 g/mol. The van der Waals surface area contributed by atoms with Gasteiger partial charge in [0.1, 0.15) is 11.5 Å². The average Bonchev–Trinajstić information content (AvgIpc) is 2.44. The highest BCUT2D eigenvalue weighted by Gasteiger charge is 2.06. The van der Waals surface area contributed by atoms with Gasteiger partial charge in [-0.15, -0.1) is 0 Å². The Balaban J connectivity index is 2.52. The molecule has 1 aromatic rings. The number of nitrogens with one attached hydrogen (secondary N) is 2. The topological polar surface area (TPSA) is 62.7 Å². The second kappa shape index (κ2) is 7.76. The van der Waals surface area contributed by atoms with E-state index in [-0.39, 0.29) is 23.2 Å². The number of carbonyl (C=O) groups is 1. The van der Waals surface area contributed by atoms with Gasteiger partial charge < -0.3 is 10.1 Å². The Morgan fingerprint density at radius 3 is 2.90 bits per heavy atom. The van der Waals surface area contributed by atoms with E-state index in [9.17, 15) is 9.18 Å². The quantitative estimate of drug-likeness (QED) is 0.385. The fourth-order valence-corrected chi connectivity index (χ4v) is 1.52. The van der Waals surface area contributed by atoms with Gasteiger partial charge in [0.25, 0.3) is 0 Å². The molecule has 0 amide bonds. The van der Waals surface area contributed by atoms with Crippen LogP contribution in [0.25, 0.3) is 0 Å². The van der Waals surface area contributed by atoms with Crippen LogP contribution >= 0.6 is 23.8 Å². The molecule has 5 nitrogen and oxygen atoms in total. The molecule has 0 aromatic heterocycles. The van der Waals surface area contributed by atoms with Gasteiger partial charge in [0.2, 0.25) is 0 Å². The zero-order valence-electron chi connectivity index (χ0n) is 10.9. The lowest BCUT2D eigenvalue weighted by molar-refractivity contribution is -0.132. The predicted molar refractivity (Wildman–Crippen MR) is 79.1 cm³/mol. The van der Waals surface area contributed by atoms with E-state index >= 15 is 0 Å². The molecular weight excluding hydrogens is 305 g/mol. The van der Waals surface area contributed by atoms with Crippen LogP contribution in [-0.2, 0) is 16.1 Å². The van der Waals surface area contributed by atoms with Crippen molar-refractivity contribution in [3.63, 3.8) is 0 Å². The number of ether oxygens (including phenoxy) is 1. The fraction of sp³-hybridized carbons (Fsp3) is 0.250. The summed E-state index contributed by atoms with van der Waals surface area (Å²) in [6.45, 7) is 1.71. The van der Waals surface area contributed by atoms with E-state index in [4.69, 9.17) is 23.8 Å². The third kappa shape index (κ3) is 5.10. The lowest BCUT2D eigenvalue weighted by Crippen LogP contribution is -2.33. The number of methoxy groups -OCH3 is 1. The van der Waals surface area contributed by atoms with Crippen molar-refractivity contribution in [2.45, 2.75) is 13.5 Å². The summed E-state index contributed by atoms with van der Waals surface area (Å²) < 4.78 is 17.5. The maximum atomic E-state index is 13.0. The van der Waals surface area contributed by atoms with Gasteiger partial charge >= 0.3 is 5.97 Å². The Kier molecular flexibility index (Phi) is 6.33. The number of thiocarbonyl (C=S) groups is 1. The molecule has 0 aliphatic carbocycles. The summed E-state index contributed by atoms with van der Waals surface area (Å²) in [6, 6.07) is 4.04. The summed E-state index contributed by atoms with van der Waals surface area (Å²) in [7, 11) is 1.25. The van der Waals surface area contributed by atoms with Crippen LogP contribution in [0.3, 0.4) is 0 Å². The Morgan fingerprint density at radius 1 is 1.55 bits per heavy atom. The number of rotatable bonds is 4. The second-order valence-electron chi connectivity index (χ2n) is 3.72. The minimum atomic E-state index is -0.562. The molecule has 0 aliphatic heterocycles. The third-order valence-corrected chi connectivity index (χ3v) is 2.86. The molecule has 0 saturated carbocycles. The van der Waals surface area contributed by atoms with Crippen LogP contribution in [0.1, 0.15) is 12.5 Å². The van der Waals surface area contributed by atoms with Gasteiger partial charge in [-0.3, -0.25) is 5.43 Å². The summed E-state index contributed by atoms with van der Waals surface area (Å²) in [5.74, 6) is -0.946. The first kappa shape index (κ1) is 16.3. The van der Waals surface area contributed by atoms with Crippen molar-refractivity contribution >= 4 is 40.6 Å². The van der Waals surface area contributed by atoms with E-state index in [1.807, 2.05) is 0 Å². The van der Waals surface area contributed by atoms with Gasteiger partial charge in [-0.25, -0.2) is 9.18 Å². The molecule has 8 heteroatoms. The second-order valence-corrected chi connectivity index (χ2v) is 4.53. The standard InChI is InChI=1S/C12H13ClFN3O2S/c1-7(11(18)19-2)16-17-12(20)15-6-8-5-9(14)3-4-10(8)13/h3-5H,6H2,1-2H3,(H2,15,17,20)/b16-7+. The highest BCUT2D eigenvalue weighted by atomic mass is 35.5. The maximum Gasteiger partial charge on any atom is 0.353 e. The van der Waals surface area contributed by atoms with Crippen LogP contribution < -0.4 is 10.7 Å². The molecule has 0 bridgehead atoms. The van der Waals surface area contributed by atoms with Crippen molar-refractivity contribution in [3.05, 3.63) is 34.6 Å². The van der Waals surface area contributed by atoms with Gasteiger partial charge in [0, 0.05) is 11.6 Å². The van der Waals surface area contributed by atoms with Crippen molar-refractivity contribution in [1.29, 1.82) is 0 Å². The van der Waals surface area contributed by atoms with E-state index < -0.39 is 5.97 Å². The van der Waals surface area contributed by atoms with Gasteiger partial charge in [0.15, 0.2) is 5.11 Å². The fourth-order valence-electron chi connectivity index (χ4n) is 1.22. The number of benzene rings is 1. The first-order chi connectivity index (χ1) is 9.43. The van der Waals surface area contributed by atoms with Crippen molar-refractivity contribution < 1.29 is 13.9 Å². The molecule has 108 valence electrons. The number of hydrazone groups is 1. The van der Waals surface area contributed by atoms with Crippen LogP contribution in [0, 0.1) is 5.82 Å². The van der Waals surface area contributed by atoms with Gasteiger partial charge in [-0.05, 0) is 42.9 Å². The summed E-state index contributed by atoms with van der Waals surface area (Å²) >= 11 is 10.9. The van der Waals surface area contributed by atoms with Gasteiger partial charge in [-0.2, -0.15) is 5.10 Å². The van der Waals surface area contributed by atoms with Crippen molar-refractivity contribution in [1.82, 2.24) is 10.7 Å². The Bertz CT molecular complexity index is 552. The number of carbonyl (C=O) groups excluding carboxylic acids is 1. The minimum Gasteiger partial charge on any atom is -0.464 e. The lowest BCUT2D eigenvalue weighted by Gasteiger charge is -2.09. The molecule has 0 saturated heterocycles. The Hall–Kier alpha value is -1.73. The van der Waals surface area contributed by atoms with E-state index in [0.717, 1.165) is 0 Å². The zero-order chi connectivity index (χ0) is 15.1. The normalized spacial score (nSPS) is 10.9. The SMILES string of the molecule is COC(=O)/C(C)=N/NC(=S)NCc1cc(F)ccc1Cl. The minimum absolute atomic E-state index is 0.125. The first-order valence-corrected chi connectivity index (χ1v) is 6.33. The van der Waals surface area contributed by atoms with Gasteiger partial charge in [0.05, 0.1) is 7.11 Å². The Labute approximate surface area is 126 Å². The lowest BCUT2D eigenvalue weighted by atomic mass is 10.2. The zero-order valence-corrected chi connectivity index (χ0v) is 12.4. The van der Waals surface area contributed by atoms with Crippen LogP contribution in [0.15, 0.2) is 23.3 Å². The average molecular weight is 318 g/mol. The predicted octanol–water partition coefficient (Wildman–Crippen LogP) is 1.99. The van der Waals surface area contributed by atoms with Crippen LogP contribution in [0.4, 0.5) is 4.39 Å². The number of hydrogen-bond donors (Lipinski definition) is 2. The highest BCUT2D eigenvalue weighted by molar-refractivity contribution is 7.80. The van der Waals surface area contributed by atoms with E-state index in [1.54, 1.807) is 0 Å². The van der Waals surface area contributed by atoms with E-state index in [0.29, 0.717) is 10.6 Å². The molecule has 2 N–H and O–H groups in total. The summed E-state index contributed by atoms with van der Waals surface area (Å²) in [6.07, 6.45) is 0. The molecule has 1 rings (SSSR count). The smallest absolute Gasteiger partial charge is 0.353 e. The molecule has 0 aliphatic rings. The van der Waals surface area contributed by atoms with Crippen molar-refractivity contribution in [3.8, 4) is 0 Å². The van der Waals surface area contributed by atoms with Crippen LogP contribution in [0.5, 0.6) is 0 Å². The number of nitrogens with zero attached hydrogens (tertiary/aromatic N) is 1. The molecule has 1 aromatic carbocycles. The van der Waals surface area contributed by atoms with Crippen LogP contribution in [-0.4, -0.2) is 23.9 Å². The number of esters is 1. The van der Waals surface area contributed by atoms with E-state index in [2.05, 4.69) is 20.6 Å². The molecule has 0 radical (unpaired) electrons. The number of halogens is 2. The van der Waals surface area contributed by atoms with Crippen molar-refractivity contribution in [2.24, 2.45) is 5.10 Å². The molecule has 0 fully saturated rings. The summed E-state index contributed by atoms with van der Waals surface area (Å²) in [5, 5.41) is 7.12. The van der Waals surface area contributed by atoms with Gasteiger partial charge in [-0.1, -0.05) is 11.6 Å². The summed E-state index contributed by atoms with van der Waals surface area (Å²) in [5.41, 5.74) is 3.16. The van der Waals surface area contributed by atoms with Crippen LogP contribution in [0.2, 0.25) is 5.02 Å². The molecule has 0 spiro atoms. The first-order valence-electron chi connectivity index (χ1n) is 5.54. The largest absolute Gasteiger partial charge is 0.464 e. The maximum absolute atomic E-state index is 13.0. The molecule has 0 unspecified atom stereocenters. The highest BCUT2D eigenvalue weighted by Crippen LogP contribution is 2.16. The third-order valence-electron chi connectivity index (χ3n) is 2.25. The molecular formula is C12H13ClFN3O2S. The van der Waals surface area contributed by atoms with E-state index in [1.165, 1.54) is 32.2 Å². The molecule has 0 heterocycles. The molecule has 20 heavy (non-hydrogen) atoms. The molecule has 0 atom stereocenters. The Morgan fingerprint density at radius 2 is 2.25 bits per heavy atom.